The van der Waals surface area contributed by atoms with Crippen molar-refractivity contribution in [3.05, 3.63) is 23.8 Å². The third-order valence-corrected chi connectivity index (χ3v) is 3.78. The summed E-state index contributed by atoms with van der Waals surface area (Å²) < 4.78 is 5.14. The molecule has 21 heavy (non-hydrogen) atoms. The van der Waals surface area contributed by atoms with Crippen molar-refractivity contribution in [2.24, 2.45) is 5.41 Å². The van der Waals surface area contributed by atoms with Crippen LogP contribution in [-0.4, -0.2) is 25.0 Å². The van der Waals surface area contributed by atoms with Crippen LogP contribution in [0.4, 0.5) is 10.5 Å². The molecule has 106 valence electrons. The van der Waals surface area contributed by atoms with E-state index in [0.29, 0.717) is 12.8 Å². The lowest BCUT2D eigenvalue weighted by Gasteiger charge is -2.31. The number of imide groups is 2. The number of nitrogens with one attached hydrogen (secondary N) is 1. The number of anilines is 1. The van der Waals surface area contributed by atoms with Crippen molar-refractivity contribution in [1.82, 2.24) is 5.32 Å². The Hall–Kier alpha value is -2.88. The van der Waals surface area contributed by atoms with Gasteiger partial charge in [0.25, 0.3) is 5.91 Å². The SMILES string of the molecule is COc1cccc(C#N)c1N1C(=O)NC(=O)C2(CC2)C1=O. The molecule has 2 fully saturated rings. The molecule has 1 spiro atoms. The molecule has 0 aromatic heterocycles. The number of hydrogen-bond acceptors (Lipinski definition) is 5. The summed E-state index contributed by atoms with van der Waals surface area (Å²) in [6, 6.07) is 5.69. The van der Waals surface area contributed by atoms with Gasteiger partial charge >= 0.3 is 6.03 Å². The van der Waals surface area contributed by atoms with E-state index < -0.39 is 23.3 Å². The van der Waals surface area contributed by atoms with Crippen LogP contribution in [0.2, 0.25) is 0 Å². The lowest BCUT2D eigenvalue weighted by Crippen LogP contribution is -2.59. The molecule has 1 N–H and O–H groups in total. The predicted octanol–water partition coefficient (Wildman–Crippen LogP) is 0.930. The molecule has 1 saturated heterocycles. The summed E-state index contributed by atoms with van der Waals surface area (Å²) in [5.74, 6) is -0.942. The molecule has 4 amide bonds. The number of carbonyl (C=O) groups excluding carboxylic acids is 3. The minimum Gasteiger partial charge on any atom is -0.495 e. The Bertz CT molecular complexity index is 715. The number of nitrogens with zero attached hydrogens (tertiary/aromatic N) is 2. The second-order valence-electron chi connectivity index (χ2n) is 4.95. The molecule has 7 nitrogen and oxygen atoms in total. The Balaban J connectivity index is 2.16. The highest BCUT2D eigenvalue weighted by atomic mass is 16.5. The Labute approximate surface area is 120 Å². The molecule has 0 atom stereocenters. The topological polar surface area (TPSA) is 99.5 Å². The normalized spacial score (nSPS) is 19.2. The van der Waals surface area contributed by atoms with Gasteiger partial charge < -0.3 is 4.74 Å². The van der Waals surface area contributed by atoms with E-state index in [1.165, 1.54) is 13.2 Å². The fourth-order valence-corrected chi connectivity index (χ4v) is 2.45. The molecule has 1 aliphatic heterocycles. The summed E-state index contributed by atoms with van der Waals surface area (Å²) in [5.41, 5.74) is -0.964. The van der Waals surface area contributed by atoms with E-state index in [4.69, 9.17) is 4.74 Å². The summed E-state index contributed by atoms with van der Waals surface area (Å²) >= 11 is 0. The third-order valence-electron chi connectivity index (χ3n) is 3.78. The van der Waals surface area contributed by atoms with Crippen molar-refractivity contribution < 1.29 is 19.1 Å². The first-order valence-electron chi connectivity index (χ1n) is 6.32. The Morgan fingerprint density at radius 2 is 2.05 bits per heavy atom. The molecule has 1 aliphatic carbocycles. The number of hydrogen-bond donors (Lipinski definition) is 1. The second-order valence-corrected chi connectivity index (χ2v) is 4.95. The Morgan fingerprint density at radius 1 is 1.33 bits per heavy atom. The average molecular weight is 285 g/mol. The van der Waals surface area contributed by atoms with Crippen LogP contribution in [0, 0.1) is 16.7 Å². The fraction of sp³-hybridized carbons (Fsp3) is 0.286. The van der Waals surface area contributed by atoms with Crippen molar-refractivity contribution in [3.63, 3.8) is 0 Å². The maximum atomic E-state index is 12.5. The molecule has 1 heterocycles. The number of methoxy groups -OCH3 is 1. The number of carbonyl (C=O) groups is 3. The highest BCUT2D eigenvalue weighted by molar-refractivity contribution is 6.31. The minimum absolute atomic E-state index is 0.0729. The zero-order chi connectivity index (χ0) is 15.2. The molecule has 1 aromatic rings. The molecule has 0 unspecified atom stereocenters. The smallest absolute Gasteiger partial charge is 0.335 e. The zero-order valence-electron chi connectivity index (χ0n) is 11.2. The Morgan fingerprint density at radius 3 is 2.62 bits per heavy atom. The van der Waals surface area contributed by atoms with E-state index in [-0.39, 0.29) is 17.0 Å². The summed E-state index contributed by atoms with van der Waals surface area (Å²) in [7, 11) is 1.38. The lowest BCUT2D eigenvalue weighted by atomic mass is 10.0. The highest BCUT2D eigenvalue weighted by Gasteiger charge is 2.63. The lowest BCUT2D eigenvalue weighted by molar-refractivity contribution is -0.136. The molecule has 2 aliphatic rings. The van der Waals surface area contributed by atoms with Gasteiger partial charge in [0.1, 0.15) is 22.9 Å². The van der Waals surface area contributed by atoms with Gasteiger partial charge in [-0.1, -0.05) is 6.07 Å². The average Bonchev–Trinajstić information content (AvgIpc) is 3.27. The van der Waals surface area contributed by atoms with Crippen LogP contribution < -0.4 is 15.0 Å². The van der Waals surface area contributed by atoms with Crippen LogP contribution in [0.25, 0.3) is 0 Å². The van der Waals surface area contributed by atoms with Gasteiger partial charge in [-0.15, -0.1) is 0 Å². The van der Waals surface area contributed by atoms with Gasteiger partial charge in [-0.25, -0.2) is 9.69 Å². The van der Waals surface area contributed by atoms with E-state index in [0.717, 1.165) is 4.90 Å². The number of barbiturate groups is 1. The molecule has 0 radical (unpaired) electrons. The Kier molecular flexibility index (Phi) is 2.69. The standard InChI is InChI=1S/C14H11N3O4/c1-21-9-4-2-3-8(7-15)10(9)17-12(19)14(5-6-14)11(18)16-13(17)20/h2-4H,5-6H2,1H3,(H,16,18,20). The highest BCUT2D eigenvalue weighted by Crippen LogP contribution is 2.50. The molecule has 3 rings (SSSR count). The second kappa shape index (κ2) is 4.31. The molecular weight excluding hydrogens is 274 g/mol. The van der Waals surface area contributed by atoms with E-state index in [1.807, 2.05) is 6.07 Å². The summed E-state index contributed by atoms with van der Waals surface area (Å²) in [5, 5.41) is 11.4. The van der Waals surface area contributed by atoms with Crippen molar-refractivity contribution in [3.8, 4) is 11.8 Å². The van der Waals surface area contributed by atoms with Crippen LogP contribution in [0.3, 0.4) is 0 Å². The quantitative estimate of drug-likeness (QED) is 0.815. The largest absolute Gasteiger partial charge is 0.495 e. The molecule has 0 bridgehead atoms. The maximum Gasteiger partial charge on any atom is 0.335 e. The summed E-state index contributed by atoms with van der Waals surface area (Å²) in [4.78, 5) is 37.3. The first kappa shape index (κ1) is 13.1. The first-order chi connectivity index (χ1) is 10.0. The number of urea groups is 1. The van der Waals surface area contributed by atoms with E-state index in [9.17, 15) is 19.6 Å². The number of para-hydroxylation sites is 1. The van der Waals surface area contributed by atoms with Gasteiger partial charge in [-0.2, -0.15) is 5.26 Å². The summed E-state index contributed by atoms with van der Waals surface area (Å²) in [6.45, 7) is 0. The van der Waals surface area contributed by atoms with E-state index in [2.05, 4.69) is 5.32 Å². The van der Waals surface area contributed by atoms with E-state index in [1.54, 1.807) is 12.1 Å². The van der Waals surface area contributed by atoms with Crippen molar-refractivity contribution in [2.75, 3.05) is 12.0 Å². The van der Waals surface area contributed by atoms with Gasteiger partial charge in [-0.3, -0.25) is 14.9 Å². The van der Waals surface area contributed by atoms with Crippen LogP contribution in [-0.2, 0) is 9.59 Å². The monoisotopic (exact) mass is 285 g/mol. The molecule has 1 aromatic carbocycles. The molecule has 1 saturated carbocycles. The number of nitriles is 1. The van der Waals surface area contributed by atoms with Crippen molar-refractivity contribution in [2.45, 2.75) is 12.8 Å². The van der Waals surface area contributed by atoms with Gasteiger partial charge in [0.15, 0.2) is 0 Å². The van der Waals surface area contributed by atoms with Gasteiger partial charge in [0.2, 0.25) is 5.91 Å². The molecule has 7 heteroatoms. The van der Waals surface area contributed by atoms with Crippen molar-refractivity contribution in [1.29, 1.82) is 5.26 Å². The van der Waals surface area contributed by atoms with Crippen LogP contribution in [0.5, 0.6) is 5.75 Å². The third kappa shape index (κ3) is 1.69. The number of rotatable bonds is 2. The summed E-state index contributed by atoms with van der Waals surface area (Å²) in [6.07, 6.45) is 0.803. The maximum absolute atomic E-state index is 12.5. The zero-order valence-corrected chi connectivity index (χ0v) is 11.2. The molecular formula is C14H11N3O4. The minimum atomic E-state index is -1.17. The first-order valence-corrected chi connectivity index (χ1v) is 6.32. The van der Waals surface area contributed by atoms with Crippen molar-refractivity contribution >= 4 is 23.5 Å². The van der Waals surface area contributed by atoms with Crippen LogP contribution >= 0.6 is 0 Å². The van der Waals surface area contributed by atoms with Gasteiger partial charge in [-0.05, 0) is 25.0 Å². The van der Waals surface area contributed by atoms with Crippen LogP contribution in [0.15, 0.2) is 18.2 Å². The number of amides is 4. The predicted molar refractivity (Wildman–Crippen MR) is 70.4 cm³/mol. The van der Waals surface area contributed by atoms with Gasteiger partial charge in [0.05, 0.1) is 12.7 Å². The van der Waals surface area contributed by atoms with Crippen LogP contribution in [0.1, 0.15) is 18.4 Å². The number of benzene rings is 1. The number of ether oxygens (including phenoxy) is 1. The van der Waals surface area contributed by atoms with E-state index >= 15 is 0 Å². The van der Waals surface area contributed by atoms with Gasteiger partial charge in [0, 0.05) is 0 Å². The fourth-order valence-electron chi connectivity index (χ4n) is 2.45.